The monoisotopic (exact) mass is 288 g/mol. The maximum absolute atomic E-state index is 10.9. The van der Waals surface area contributed by atoms with Gasteiger partial charge in [0.25, 0.3) is 0 Å². The molecule has 1 N–H and O–H groups in total. The van der Waals surface area contributed by atoms with E-state index < -0.39 is 5.97 Å². The van der Waals surface area contributed by atoms with Crippen LogP contribution < -0.4 is 0 Å². The number of hydrogen-bond acceptors (Lipinski definition) is 2. The Balaban J connectivity index is 2.42. The van der Waals surface area contributed by atoms with Gasteiger partial charge >= 0.3 is 5.97 Å². The van der Waals surface area contributed by atoms with Crippen LogP contribution in [0.15, 0.2) is 30.3 Å². The molecule has 1 aromatic heterocycles. The zero-order chi connectivity index (χ0) is 14.7. The Morgan fingerprint density at radius 2 is 1.90 bits per heavy atom. The lowest BCUT2D eigenvalue weighted by molar-refractivity contribution is 0.0697. The van der Waals surface area contributed by atoms with Crippen molar-refractivity contribution in [2.75, 3.05) is 0 Å². The largest absolute Gasteiger partial charge is 0.478 e. The first-order chi connectivity index (χ1) is 9.52. The van der Waals surface area contributed by atoms with E-state index in [4.69, 9.17) is 5.11 Å². The van der Waals surface area contributed by atoms with Crippen LogP contribution in [0.5, 0.6) is 0 Å². The molecule has 2 nitrogen and oxygen atoms in total. The van der Waals surface area contributed by atoms with Gasteiger partial charge in [0.1, 0.15) is 0 Å². The summed E-state index contributed by atoms with van der Waals surface area (Å²) >= 11 is 1.83. The Bertz CT molecular complexity index is 594. The summed E-state index contributed by atoms with van der Waals surface area (Å²) in [4.78, 5) is 13.6. The first-order valence-corrected chi connectivity index (χ1v) is 7.81. The Labute approximate surface area is 124 Å². The molecule has 1 heterocycles. The second-order valence-electron chi connectivity index (χ2n) is 5.28. The van der Waals surface area contributed by atoms with E-state index in [1.165, 1.54) is 15.3 Å². The van der Waals surface area contributed by atoms with E-state index in [0.29, 0.717) is 11.5 Å². The van der Waals surface area contributed by atoms with Gasteiger partial charge in [0.05, 0.1) is 5.56 Å². The van der Waals surface area contributed by atoms with Crippen LogP contribution in [0.25, 0.3) is 10.4 Å². The minimum absolute atomic E-state index is 0.338. The molecular formula is C17H20O2S. The number of hydrogen-bond donors (Lipinski definition) is 1. The van der Waals surface area contributed by atoms with Gasteiger partial charge < -0.3 is 5.11 Å². The SMILES string of the molecule is CCCc1cc(C(C)C)c(-c2ccc(C(=O)O)cc2)s1. The minimum atomic E-state index is -0.876. The van der Waals surface area contributed by atoms with Gasteiger partial charge in [-0.25, -0.2) is 4.79 Å². The number of carbonyl (C=O) groups is 1. The third-order valence-corrected chi connectivity index (χ3v) is 4.58. The van der Waals surface area contributed by atoms with Crippen molar-refractivity contribution in [2.45, 2.75) is 39.5 Å². The lowest BCUT2D eigenvalue weighted by Gasteiger charge is -2.07. The van der Waals surface area contributed by atoms with Crippen molar-refractivity contribution >= 4 is 17.3 Å². The van der Waals surface area contributed by atoms with E-state index in [1.807, 2.05) is 23.5 Å². The summed E-state index contributed by atoms with van der Waals surface area (Å²) in [5, 5.41) is 8.97. The minimum Gasteiger partial charge on any atom is -0.478 e. The number of aryl methyl sites for hydroxylation is 1. The third kappa shape index (κ3) is 3.10. The fourth-order valence-electron chi connectivity index (χ4n) is 2.25. The topological polar surface area (TPSA) is 37.3 Å². The van der Waals surface area contributed by atoms with Crippen molar-refractivity contribution in [1.82, 2.24) is 0 Å². The standard InChI is InChI=1S/C17H20O2S/c1-4-5-14-10-15(11(2)3)16(20-14)12-6-8-13(9-7-12)17(18)19/h6-11H,4-5H2,1-3H3,(H,18,19). The Morgan fingerprint density at radius 3 is 2.40 bits per heavy atom. The average molecular weight is 288 g/mol. The zero-order valence-corrected chi connectivity index (χ0v) is 13.0. The van der Waals surface area contributed by atoms with Crippen molar-refractivity contribution in [3.8, 4) is 10.4 Å². The second kappa shape index (κ2) is 6.23. The molecule has 0 amide bonds. The van der Waals surface area contributed by atoms with Crippen molar-refractivity contribution < 1.29 is 9.90 Å². The zero-order valence-electron chi connectivity index (χ0n) is 12.1. The summed E-state index contributed by atoms with van der Waals surface area (Å²) in [5.41, 5.74) is 2.82. The molecule has 0 fully saturated rings. The van der Waals surface area contributed by atoms with Crippen molar-refractivity contribution in [3.05, 3.63) is 46.3 Å². The molecule has 0 bridgehead atoms. The third-order valence-electron chi connectivity index (χ3n) is 3.32. The quantitative estimate of drug-likeness (QED) is 0.822. The van der Waals surface area contributed by atoms with E-state index in [9.17, 15) is 4.79 Å². The molecule has 3 heteroatoms. The number of benzene rings is 1. The molecule has 0 saturated heterocycles. The fraction of sp³-hybridized carbons (Fsp3) is 0.353. The molecule has 2 rings (SSSR count). The number of aromatic carboxylic acids is 1. The molecule has 2 aromatic rings. The Kier molecular flexibility index (Phi) is 4.61. The molecule has 0 radical (unpaired) electrons. The van der Waals surface area contributed by atoms with Gasteiger partial charge in [-0.1, -0.05) is 39.3 Å². The Morgan fingerprint density at radius 1 is 1.25 bits per heavy atom. The van der Waals surface area contributed by atoms with Crippen LogP contribution in [-0.2, 0) is 6.42 Å². The molecule has 20 heavy (non-hydrogen) atoms. The number of rotatable bonds is 5. The van der Waals surface area contributed by atoms with Crippen molar-refractivity contribution in [2.24, 2.45) is 0 Å². The predicted octanol–water partition coefficient (Wildman–Crippen LogP) is 5.19. The van der Waals surface area contributed by atoms with Crippen molar-refractivity contribution in [1.29, 1.82) is 0 Å². The summed E-state index contributed by atoms with van der Waals surface area (Å²) in [6, 6.07) is 9.50. The lowest BCUT2D eigenvalue weighted by Crippen LogP contribution is -1.95. The van der Waals surface area contributed by atoms with E-state index in [1.54, 1.807) is 12.1 Å². The van der Waals surface area contributed by atoms with Gasteiger partial charge in [-0.15, -0.1) is 11.3 Å². The van der Waals surface area contributed by atoms with Crippen LogP contribution in [-0.4, -0.2) is 11.1 Å². The number of carboxylic acid groups (broad SMARTS) is 1. The van der Waals surface area contributed by atoms with E-state index in [2.05, 4.69) is 26.8 Å². The second-order valence-corrected chi connectivity index (χ2v) is 6.42. The van der Waals surface area contributed by atoms with Crippen LogP contribution >= 0.6 is 11.3 Å². The highest BCUT2D eigenvalue weighted by Crippen LogP contribution is 2.37. The van der Waals surface area contributed by atoms with E-state index >= 15 is 0 Å². The lowest BCUT2D eigenvalue weighted by atomic mass is 9.99. The molecule has 0 atom stereocenters. The van der Waals surface area contributed by atoms with Gasteiger partial charge in [-0.2, -0.15) is 0 Å². The summed E-state index contributed by atoms with van der Waals surface area (Å²) in [6.45, 7) is 6.59. The highest BCUT2D eigenvalue weighted by Gasteiger charge is 2.14. The van der Waals surface area contributed by atoms with Crippen LogP contribution in [0, 0.1) is 0 Å². The highest BCUT2D eigenvalue weighted by molar-refractivity contribution is 7.15. The first-order valence-electron chi connectivity index (χ1n) is 6.99. The average Bonchev–Trinajstić information content (AvgIpc) is 2.83. The summed E-state index contributed by atoms with van der Waals surface area (Å²) < 4.78 is 0. The molecule has 0 aliphatic heterocycles. The van der Waals surface area contributed by atoms with Gasteiger partial charge in [0.2, 0.25) is 0 Å². The van der Waals surface area contributed by atoms with Gasteiger partial charge in [0, 0.05) is 9.75 Å². The first kappa shape index (κ1) is 14.8. The van der Waals surface area contributed by atoms with Crippen LogP contribution in [0.4, 0.5) is 0 Å². The molecule has 0 saturated carbocycles. The maximum atomic E-state index is 10.9. The van der Waals surface area contributed by atoms with Gasteiger partial charge in [-0.3, -0.25) is 0 Å². The van der Waals surface area contributed by atoms with Crippen LogP contribution in [0.1, 0.15) is 53.9 Å². The predicted molar refractivity (Wildman–Crippen MR) is 84.8 cm³/mol. The van der Waals surface area contributed by atoms with Crippen molar-refractivity contribution in [3.63, 3.8) is 0 Å². The molecule has 0 spiro atoms. The fourth-order valence-corrected chi connectivity index (χ4v) is 3.67. The number of carboxylic acids is 1. The molecule has 0 aliphatic carbocycles. The highest BCUT2D eigenvalue weighted by atomic mass is 32.1. The van der Waals surface area contributed by atoms with E-state index in [0.717, 1.165) is 18.4 Å². The molecule has 106 valence electrons. The smallest absolute Gasteiger partial charge is 0.335 e. The molecular weight excluding hydrogens is 268 g/mol. The van der Waals surface area contributed by atoms with Gasteiger partial charge in [-0.05, 0) is 41.7 Å². The summed E-state index contributed by atoms with van der Waals surface area (Å²) in [6.07, 6.45) is 2.26. The Hall–Kier alpha value is -1.61. The summed E-state index contributed by atoms with van der Waals surface area (Å²) in [7, 11) is 0. The molecule has 0 aliphatic rings. The summed E-state index contributed by atoms with van der Waals surface area (Å²) in [5.74, 6) is -0.399. The maximum Gasteiger partial charge on any atom is 0.335 e. The molecule has 1 aromatic carbocycles. The molecule has 0 unspecified atom stereocenters. The van der Waals surface area contributed by atoms with Gasteiger partial charge in [0.15, 0.2) is 0 Å². The van der Waals surface area contributed by atoms with E-state index in [-0.39, 0.29) is 0 Å². The van der Waals surface area contributed by atoms with Crippen LogP contribution in [0.2, 0.25) is 0 Å². The normalized spacial score (nSPS) is 11.0. The van der Waals surface area contributed by atoms with Crippen LogP contribution in [0.3, 0.4) is 0 Å². The number of thiophene rings is 1.